The van der Waals surface area contributed by atoms with E-state index in [2.05, 4.69) is 29.0 Å². The summed E-state index contributed by atoms with van der Waals surface area (Å²) >= 11 is 23.4. The van der Waals surface area contributed by atoms with Crippen LogP contribution >= 0.6 is 46.4 Å². The Morgan fingerprint density at radius 1 is 0.500 bits per heavy atom. The molecule has 46 heavy (non-hydrogen) atoms. The van der Waals surface area contributed by atoms with Crippen molar-refractivity contribution in [2.24, 2.45) is 9.98 Å². The summed E-state index contributed by atoms with van der Waals surface area (Å²) in [6.45, 7) is 9.98. The van der Waals surface area contributed by atoms with Gasteiger partial charge in [0, 0.05) is 32.5 Å². The molecule has 9 heteroatoms. The van der Waals surface area contributed by atoms with Gasteiger partial charge in [-0.25, -0.2) is 0 Å². The van der Waals surface area contributed by atoms with Gasteiger partial charge in [0.15, 0.2) is 0 Å². The molecule has 0 spiro atoms. The summed E-state index contributed by atoms with van der Waals surface area (Å²) in [7, 11) is 0. The number of halogens is 4. The Labute approximate surface area is 301 Å². The van der Waals surface area contributed by atoms with Crippen LogP contribution in [-0.4, -0.2) is 12.4 Å². The van der Waals surface area contributed by atoms with E-state index in [9.17, 15) is 10.2 Å². The second-order valence-electron chi connectivity index (χ2n) is 10.3. The number of hydrogen-bond acceptors (Lipinski definition) is 4. The Hall–Kier alpha value is -3.28. The van der Waals surface area contributed by atoms with E-state index in [0.29, 0.717) is 21.2 Å². The molecule has 1 radical (unpaired) electrons. The van der Waals surface area contributed by atoms with Crippen LogP contribution in [0.5, 0.6) is 11.5 Å². The molecule has 0 amide bonds. The van der Waals surface area contributed by atoms with Crippen LogP contribution < -0.4 is 10.2 Å². The molecular formula is C37H32Cl4CuN2O2. The van der Waals surface area contributed by atoms with Crippen molar-refractivity contribution in [2.75, 3.05) is 0 Å². The van der Waals surface area contributed by atoms with Crippen LogP contribution in [0.25, 0.3) is 0 Å². The van der Waals surface area contributed by atoms with Crippen molar-refractivity contribution in [1.29, 1.82) is 0 Å². The first-order valence-electron chi connectivity index (χ1n) is 13.9. The maximum atomic E-state index is 11.8. The molecule has 0 aliphatic heterocycles. The van der Waals surface area contributed by atoms with E-state index >= 15 is 0 Å². The summed E-state index contributed by atoms with van der Waals surface area (Å²) in [4.78, 5) is 8.75. The van der Waals surface area contributed by atoms with Gasteiger partial charge in [0.2, 0.25) is 0 Å². The first-order valence-corrected chi connectivity index (χ1v) is 15.4. The zero-order valence-electron chi connectivity index (χ0n) is 25.8. The van der Waals surface area contributed by atoms with Gasteiger partial charge in [0.1, 0.15) is 0 Å². The fourth-order valence-electron chi connectivity index (χ4n) is 4.17. The predicted octanol–water partition coefficient (Wildman–Crippen LogP) is 10.9. The van der Waals surface area contributed by atoms with E-state index in [0.717, 1.165) is 33.6 Å². The molecule has 0 aliphatic rings. The number of hydrogen-bond donors (Lipinski definition) is 0. The van der Waals surface area contributed by atoms with Crippen LogP contribution in [-0.2, 0) is 17.1 Å². The van der Waals surface area contributed by atoms with Crippen molar-refractivity contribution < 1.29 is 27.3 Å². The minimum atomic E-state index is -0.263. The van der Waals surface area contributed by atoms with Gasteiger partial charge >= 0.3 is 17.1 Å². The third kappa shape index (κ3) is 11.5. The van der Waals surface area contributed by atoms with Crippen molar-refractivity contribution in [1.82, 2.24) is 0 Å². The minimum Gasteiger partial charge on any atom is -0.871 e. The van der Waals surface area contributed by atoms with Gasteiger partial charge in [0.25, 0.3) is 0 Å². The summed E-state index contributed by atoms with van der Waals surface area (Å²) in [6.07, 6.45) is 3.02. The molecule has 0 bridgehead atoms. The van der Waals surface area contributed by atoms with Crippen molar-refractivity contribution in [3.8, 4) is 11.5 Å². The molecule has 5 aromatic rings. The second kappa shape index (κ2) is 18.8. The van der Waals surface area contributed by atoms with Crippen LogP contribution in [0.3, 0.4) is 0 Å². The van der Waals surface area contributed by atoms with E-state index < -0.39 is 0 Å². The standard InChI is InChI=1S/2C15H13Cl2NO.C7H8.Cu/c2*1-9-4-3-5-10(2)14(9)18-8-11-6-12(16)7-13(17)15(11)19;1-7-5-3-2-4-6-7;/h2*3-8,19H,1-2H3;2-6H,1H3;/q;;;+2/p-2. The van der Waals surface area contributed by atoms with Gasteiger partial charge in [-0.15, -0.1) is 0 Å². The van der Waals surface area contributed by atoms with Crippen molar-refractivity contribution >= 4 is 70.2 Å². The summed E-state index contributed by atoms with van der Waals surface area (Å²) < 4.78 is 0. The first kappa shape index (κ1) is 38.9. The summed E-state index contributed by atoms with van der Waals surface area (Å²) in [5, 5.41) is 24.7. The maximum absolute atomic E-state index is 11.8. The summed E-state index contributed by atoms with van der Waals surface area (Å²) in [5.74, 6) is -0.526. The third-order valence-corrected chi connectivity index (χ3v) is 7.56. The van der Waals surface area contributed by atoms with Gasteiger partial charge in [0.05, 0.1) is 11.4 Å². The monoisotopic (exact) mass is 739 g/mol. The van der Waals surface area contributed by atoms with Crippen molar-refractivity contribution in [2.45, 2.75) is 34.6 Å². The van der Waals surface area contributed by atoms with E-state index in [1.165, 1.54) is 30.1 Å². The molecule has 0 unspecified atom stereocenters. The van der Waals surface area contributed by atoms with Crippen LogP contribution in [0.15, 0.2) is 101 Å². The van der Waals surface area contributed by atoms with Gasteiger partial charge in [-0.1, -0.05) is 130 Å². The molecule has 0 heterocycles. The normalized spacial score (nSPS) is 10.5. The van der Waals surface area contributed by atoms with Crippen LogP contribution in [0, 0.1) is 34.6 Å². The second-order valence-corrected chi connectivity index (χ2v) is 12.0. The molecule has 0 aliphatic carbocycles. The topological polar surface area (TPSA) is 70.8 Å². The smallest absolute Gasteiger partial charge is 0.871 e. The fraction of sp³-hybridized carbons (Fsp3) is 0.135. The van der Waals surface area contributed by atoms with Gasteiger partial charge in [-0.3, -0.25) is 9.98 Å². The number of nitrogens with zero attached hydrogens (tertiary/aromatic N) is 2. The molecule has 5 aromatic carbocycles. The molecule has 0 aromatic heterocycles. The van der Waals surface area contributed by atoms with Crippen molar-refractivity contribution in [3.05, 3.63) is 150 Å². The molecule has 0 saturated heterocycles. The van der Waals surface area contributed by atoms with Crippen LogP contribution in [0.1, 0.15) is 38.9 Å². The largest absolute Gasteiger partial charge is 2.00 e. The van der Waals surface area contributed by atoms with Crippen molar-refractivity contribution in [3.63, 3.8) is 0 Å². The van der Waals surface area contributed by atoms with Crippen LogP contribution in [0.2, 0.25) is 20.1 Å². The average Bonchev–Trinajstić information content (AvgIpc) is 2.98. The number of rotatable bonds is 4. The fourth-order valence-corrected chi connectivity index (χ4v) is 5.19. The minimum absolute atomic E-state index is 0. The Morgan fingerprint density at radius 3 is 1.15 bits per heavy atom. The Kier molecular flexibility index (Phi) is 15.9. The average molecular weight is 742 g/mol. The molecule has 241 valence electrons. The molecule has 5 rings (SSSR count). The number of aliphatic imine (C=N–C) groups is 2. The third-order valence-electron chi connectivity index (χ3n) is 6.56. The number of para-hydroxylation sites is 2. The first-order chi connectivity index (χ1) is 21.4. The van der Waals surface area contributed by atoms with E-state index in [1.807, 2.05) is 82.3 Å². The molecular weight excluding hydrogens is 710 g/mol. The van der Waals surface area contributed by atoms with Crippen LogP contribution in [0.4, 0.5) is 11.4 Å². The summed E-state index contributed by atoms with van der Waals surface area (Å²) in [5.41, 5.74) is 8.03. The predicted molar refractivity (Wildman–Crippen MR) is 189 cm³/mol. The van der Waals surface area contributed by atoms with Gasteiger partial charge in [-0.2, -0.15) is 0 Å². The van der Waals surface area contributed by atoms with E-state index in [4.69, 9.17) is 46.4 Å². The quantitative estimate of drug-likeness (QED) is 0.136. The zero-order valence-corrected chi connectivity index (χ0v) is 29.8. The molecule has 0 atom stereocenters. The molecule has 0 N–H and O–H groups in total. The van der Waals surface area contributed by atoms with Gasteiger partial charge < -0.3 is 10.2 Å². The van der Waals surface area contributed by atoms with E-state index in [1.54, 1.807) is 12.1 Å². The van der Waals surface area contributed by atoms with Gasteiger partial charge in [-0.05, 0) is 92.3 Å². The molecule has 0 fully saturated rings. The molecule has 4 nitrogen and oxygen atoms in total. The SMILES string of the molecule is Cc1cccc(C)c1N=Cc1cc(Cl)cc(Cl)c1[O-].Cc1cccc(C)c1N=Cc1cc(Cl)cc(Cl)c1[O-].Cc1ccccc1.[Cu+2]. The Morgan fingerprint density at radius 2 is 0.848 bits per heavy atom. The molecule has 0 saturated carbocycles. The Bertz CT molecular complexity index is 1670. The number of aryl methyl sites for hydroxylation is 5. The summed E-state index contributed by atoms with van der Waals surface area (Å²) in [6, 6.07) is 28.1. The van der Waals surface area contributed by atoms with E-state index in [-0.39, 0.29) is 38.6 Å². The Balaban J connectivity index is 0.000000260. The number of benzene rings is 5. The zero-order chi connectivity index (χ0) is 33.1. The maximum Gasteiger partial charge on any atom is 2.00 e.